The molecular formula is C36H36Cl3N3O5S. The third-order valence-corrected chi connectivity index (χ3v) is 11.0. The monoisotopic (exact) mass is 727 g/mol. The third-order valence-electron chi connectivity index (χ3n) is 8.37. The predicted molar refractivity (Wildman–Crippen MR) is 190 cm³/mol. The number of rotatable bonds is 13. The number of benzene rings is 4. The highest BCUT2D eigenvalue weighted by molar-refractivity contribution is 7.92. The fourth-order valence-corrected chi connectivity index (χ4v) is 7.77. The lowest BCUT2D eigenvalue weighted by Gasteiger charge is -2.34. The molecule has 0 saturated heterocycles. The summed E-state index contributed by atoms with van der Waals surface area (Å²) in [5.41, 5.74) is 1.62. The zero-order chi connectivity index (χ0) is 34.3. The lowest BCUT2D eigenvalue weighted by molar-refractivity contribution is -0.140. The first-order valence-corrected chi connectivity index (χ1v) is 18.1. The lowest BCUT2D eigenvalue weighted by atomic mass is 10.0. The van der Waals surface area contributed by atoms with Crippen molar-refractivity contribution in [3.8, 4) is 5.75 Å². The minimum absolute atomic E-state index is 0.00661. The molecule has 48 heavy (non-hydrogen) atoms. The van der Waals surface area contributed by atoms with E-state index in [1.54, 1.807) is 30.3 Å². The van der Waals surface area contributed by atoms with Gasteiger partial charge in [-0.3, -0.25) is 13.9 Å². The Kier molecular flexibility index (Phi) is 11.9. The number of carbonyl (C=O) groups is 2. The number of methoxy groups -OCH3 is 1. The largest absolute Gasteiger partial charge is 0.497 e. The zero-order valence-corrected chi connectivity index (χ0v) is 29.4. The first-order valence-electron chi connectivity index (χ1n) is 15.5. The number of carbonyl (C=O) groups excluding carboxylic acids is 2. The first kappa shape index (κ1) is 35.5. The molecule has 0 aliphatic heterocycles. The summed E-state index contributed by atoms with van der Waals surface area (Å²) in [6.45, 7) is -0.676. The van der Waals surface area contributed by atoms with Crippen LogP contribution >= 0.6 is 34.8 Å². The second-order valence-electron chi connectivity index (χ2n) is 11.6. The van der Waals surface area contributed by atoms with Gasteiger partial charge in [0.05, 0.1) is 17.7 Å². The van der Waals surface area contributed by atoms with Crippen LogP contribution in [0, 0.1) is 0 Å². The second kappa shape index (κ2) is 16.1. The number of amides is 2. The maximum atomic E-state index is 14.7. The van der Waals surface area contributed by atoms with Crippen LogP contribution in [0.4, 0.5) is 5.69 Å². The van der Waals surface area contributed by atoms with Crippen molar-refractivity contribution in [3.05, 3.63) is 123 Å². The molecule has 1 aliphatic rings. The number of hydrogen-bond donors (Lipinski definition) is 1. The van der Waals surface area contributed by atoms with Crippen LogP contribution in [-0.4, -0.2) is 50.9 Å². The summed E-state index contributed by atoms with van der Waals surface area (Å²) in [5.74, 6) is -0.443. The van der Waals surface area contributed by atoms with Gasteiger partial charge in [0.15, 0.2) is 0 Å². The molecule has 1 N–H and O–H groups in total. The van der Waals surface area contributed by atoms with Crippen LogP contribution in [0.1, 0.15) is 36.8 Å². The van der Waals surface area contributed by atoms with Crippen molar-refractivity contribution < 1.29 is 22.7 Å². The number of nitrogens with zero attached hydrogens (tertiary/aromatic N) is 2. The summed E-state index contributed by atoms with van der Waals surface area (Å²) in [4.78, 5) is 30.2. The minimum atomic E-state index is -4.29. The summed E-state index contributed by atoms with van der Waals surface area (Å²) in [7, 11) is -2.80. The van der Waals surface area contributed by atoms with Crippen molar-refractivity contribution in [2.24, 2.45) is 0 Å². The standard InChI is InChI=1S/C36H36Cl3N3O5S/c1-47-31-17-19-32(20-18-31)48(45,46)42(30-15-13-27(37)14-16-30)24-35(43)41(23-26-11-12-28(38)22-33(26)39)34(21-25-7-3-2-4-8-25)36(44)40-29-9-5-6-10-29/h2-4,7-8,11-20,22,29,34H,5-6,9-10,21,23-24H2,1H3,(H,40,44)/t34-/m1/s1. The van der Waals surface area contributed by atoms with E-state index >= 15 is 0 Å². The molecular weight excluding hydrogens is 693 g/mol. The second-order valence-corrected chi connectivity index (χ2v) is 14.8. The van der Waals surface area contributed by atoms with E-state index in [2.05, 4.69) is 5.32 Å². The van der Waals surface area contributed by atoms with Crippen LogP contribution in [-0.2, 0) is 32.6 Å². The SMILES string of the molecule is COc1ccc(S(=O)(=O)N(CC(=O)N(Cc2ccc(Cl)cc2Cl)[C@H](Cc2ccccc2)C(=O)NC2CCCC2)c2ccc(Cl)cc2)cc1. The highest BCUT2D eigenvalue weighted by Crippen LogP contribution is 2.29. The molecule has 5 rings (SSSR count). The highest BCUT2D eigenvalue weighted by atomic mass is 35.5. The molecule has 2 amide bonds. The molecule has 4 aromatic carbocycles. The van der Waals surface area contributed by atoms with Gasteiger partial charge in [-0.2, -0.15) is 0 Å². The Morgan fingerprint density at radius 1 is 0.875 bits per heavy atom. The normalized spacial score (nSPS) is 13.9. The van der Waals surface area contributed by atoms with E-state index in [4.69, 9.17) is 39.5 Å². The Bertz CT molecular complexity index is 1820. The molecule has 1 saturated carbocycles. The average molecular weight is 729 g/mol. The van der Waals surface area contributed by atoms with E-state index < -0.39 is 28.5 Å². The van der Waals surface area contributed by atoms with Gasteiger partial charge in [0.25, 0.3) is 10.0 Å². The van der Waals surface area contributed by atoms with Crippen LogP contribution in [0.2, 0.25) is 15.1 Å². The molecule has 1 aliphatic carbocycles. The van der Waals surface area contributed by atoms with Crippen molar-refractivity contribution in [1.82, 2.24) is 10.2 Å². The minimum Gasteiger partial charge on any atom is -0.497 e. The van der Waals surface area contributed by atoms with E-state index in [0.717, 1.165) is 35.6 Å². The van der Waals surface area contributed by atoms with Gasteiger partial charge in [-0.15, -0.1) is 0 Å². The number of halogens is 3. The van der Waals surface area contributed by atoms with Crippen LogP contribution in [0.25, 0.3) is 0 Å². The molecule has 12 heteroatoms. The molecule has 1 fully saturated rings. The van der Waals surface area contributed by atoms with Crippen LogP contribution in [0.3, 0.4) is 0 Å². The first-order chi connectivity index (χ1) is 23.0. The Balaban J connectivity index is 1.58. The number of anilines is 1. The van der Waals surface area contributed by atoms with Crippen molar-refractivity contribution >= 4 is 62.3 Å². The zero-order valence-electron chi connectivity index (χ0n) is 26.3. The van der Waals surface area contributed by atoms with Gasteiger partial charge < -0.3 is 15.0 Å². The number of ether oxygens (including phenoxy) is 1. The van der Waals surface area contributed by atoms with Crippen LogP contribution in [0.5, 0.6) is 5.75 Å². The quantitative estimate of drug-likeness (QED) is 0.154. The van der Waals surface area contributed by atoms with Crippen LogP contribution < -0.4 is 14.4 Å². The Morgan fingerprint density at radius 2 is 1.52 bits per heavy atom. The molecule has 0 aromatic heterocycles. The van der Waals surface area contributed by atoms with Gasteiger partial charge in [0, 0.05) is 34.1 Å². The van der Waals surface area contributed by atoms with Gasteiger partial charge in [-0.25, -0.2) is 8.42 Å². The summed E-state index contributed by atoms with van der Waals surface area (Å²) < 4.78 is 34.7. The number of nitrogens with one attached hydrogen (secondary N) is 1. The van der Waals surface area contributed by atoms with E-state index in [0.29, 0.717) is 26.4 Å². The van der Waals surface area contributed by atoms with Gasteiger partial charge in [-0.1, -0.05) is 84.0 Å². The molecule has 0 radical (unpaired) electrons. The van der Waals surface area contributed by atoms with Gasteiger partial charge in [-0.05, 0) is 84.6 Å². The fraction of sp³-hybridized carbons (Fsp3) is 0.278. The number of sulfonamides is 1. The van der Waals surface area contributed by atoms with E-state index in [1.165, 1.54) is 48.4 Å². The van der Waals surface area contributed by atoms with Crippen molar-refractivity contribution in [2.45, 2.75) is 55.6 Å². The maximum Gasteiger partial charge on any atom is 0.264 e. The Morgan fingerprint density at radius 3 is 2.15 bits per heavy atom. The smallest absolute Gasteiger partial charge is 0.264 e. The summed E-state index contributed by atoms with van der Waals surface area (Å²) in [5, 5.41) is 4.29. The fourth-order valence-electron chi connectivity index (χ4n) is 5.77. The van der Waals surface area contributed by atoms with Crippen LogP contribution in [0.15, 0.2) is 102 Å². The molecule has 252 valence electrons. The molecule has 8 nitrogen and oxygen atoms in total. The highest BCUT2D eigenvalue weighted by Gasteiger charge is 2.36. The molecule has 0 heterocycles. The Hall–Kier alpha value is -3.76. The lowest BCUT2D eigenvalue weighted by Crippen LogP contribution is -2.54. The average Bonchev–Trinajstić information content (AvgIpc) is 3.60. The maximum absolute atomic E-state index is 14.7. The molecule has 4 aromatic rings. The van der Waals surface area contributed by atoms with Crippen molar-refractivity contribution in [1.29, 1.82) is 0 Å². The summed E-state index contributed by atoms with van der Waals surface area (Å²) in [6, 6.07) is 25.4. The predicted octanol–water partition coefficient (Wildman–Crippen LogP) is 7.55. The molecule has 0 spiro atoms. The molecule has 0 unspecified atom stereocenters. The summed E-state index contributed by atoms with van der Waals surface area (Å²) in [6.07, 6.45) is 3.92. The van der Waals surface area contributed by atoms with E-state index in [9.17, 15) is 18.0 Å². The van der Waals surface area contributed by atoms with Gasteiger partial charge in [0.2, 0.25) is 11.8 Å². The number of hydrogen-bond acceptors (Lipinski definition) is 5. The van der Waals surface area contributed by atoms with Crippen molar-refractivity contribution in [3.63, 3.8) is 0 Å². The third kappa shape index (κ3) is 8.82. The molecule has 0 bridgehead atoms. The van der Waals surface area contributed by atoms with Crippen molar-refractivity contribution in [2.75, 3.05) is 18.0 Å². The van der Waals surface area contributed by atoms with Gasteiger partial charge in [0.1, 0.15) is 18.3 Å². The van der Waals surface area contributed by atoms with E-state index in [-0.39, 0.29) is 35.5 Å². The summed E-state index contributed by atoms with van der Waals surface area (Å²) >= 11 is 18.9. The van der Waals surface area contributed by atoms with E-state index in [1.807, 2.05) is 30.3 Å². The van der Waals surface area contributed by atoms with Gasteiger partial charge >= 0.3 is 0 Å². The topological polar surface area (TPSA) is 96.0 Å². The Labute approximate surface area is 296 Å². The molecule has 1 atom stereocenters.